The molecule has 0 saturated carbocycles. The van der Waals surface area contributed by atoms with Gasteiger partial charge in [0.1, 0.15) is 0 Å². The van der Waals surface area contributed by atoms with Crippen LogP contribution in [0.4, 0.5) is 11.4 Å². The van der Waals surface area contributed by atoms with Crippen LogP contribution in [-0.4, -0.2) is 4.57 Å². The van der Waals surface area contributed by atoms with E-state index in [1.54, 1.807) is 6.08 Å². The number of rotatable bonds is 6. The Hall–Kier alpha value is -5.67. The van der Waals surface area contributed by atoms with E-state index >= 15 is 0 Å². The molecule has 7 aromatic rings. The van der Waals surface area contributed by atoms with Gasteiger partial charge in [0.15, 0.2) is 5.43 Å². The number of fused-ring (bicyclic) bond motifs is 3. The molecular weight excluding hydrogens is 536 g/mol. The second kappa shape index (κ2) is 11.2. The van der Waals surface area contributed by atoms with E-state index in [0.717, 1.165) is 61.1 Å². The molecule has 0 aliphatic carbocycles. The Labute approximate surface area is 257 Å². The van der Waals surface area contributed by atoms with Gasteiger partial charge in [-0.1, -0.05) is 110 Å². The van der Waals surface area contributed by atoms with Gasteiger partial charge in [0.25, 0.3) is 0 Å². The van der Waals surface area contributed by atoms with Gasteiger partial charge in [-0.3, -0.25) is 4.79 Å². The zero-order valence-corrected chi connectivity index (χ0v) is 24.9. The smallest absolute Gasteiger partial charge is 0.197 e. The molecule has 212 valence electrons. The van der Waals surface area contributed by atoms with Crippen molar-refractivity contribution in [3.8, 4) is 5.69 Å². The topological polar surface area (TPSA) is 25.2 Å². The number of hydrogen-bond acceptors (Lipinski definition) is 2. The lowest BCUT2D eigenvalue weighted by Gasteiger charge is -2.29. The minimum Gasteiger partial charge on any atom is -0.313 e. The van der Waals surface area contributed by atoms with Crippen LogP contribution >= 0.6 is 0 Å². The van der Waals surface area contributed by atoms with Gasteiger partial charge in [0, 0.05) is 33.1 Å². The summed E-state index contributed by atoms with van der Waals surface area (Å²) in [5.41, 5.74) is 7.17. The minimum atomic E-state index is -0.00433. The Morgan fingerprint density at radius 3 is 1.84 bits per heavy atom. The van der Waals surface area contributed by atoms with E-state index in [0.29, 0.717) is 10.9 Å². The fourth-order valence-electron chi connectivity index (χ4n) is 6.42. The van der Waals surface area contributed by atoms with Crippen LogP contribution in [0, 0.1) is 6.92 Å². The molecule has 0 N–H and O–H groups in total. The summed E-state index contributed by atoms with van der Waals surface area (Å²) < 4.78 is 2.15. The summed E-state index contributed by atoms with van der Waals surface area (Å²) in [6, 6.07) is 45.9. The number of benzene rings is 6. The highest BCUT2D eigenvalue weighted by atomic mass is 16.1. The number of allylic oxidation sites excluding steroid dienone is 1. The molecule has 6 aromatic carbocycles. The van der Waals surface area contributed by atoms with Crippen molar-refractivity contribution in [2.24, 2.45) is 0 Å². The first-order valence-corrected chi connectivity index (χ1v) is 14.9. The zero-order valence-electron chi connectivity index (χ0n) is 24.9. The van der Waals surface area contributed by atoms with Crippen LogP contribution in [0.1, 0.15) is 23.7 Å². The molecule has 1 heterocycles. The van der Waals surface area contributed by atoms with Crippen LogP contribution in [0.2, 0.25) is 0 Å². The van der Waals surface area contributed by atoms with Crippen molar-refractivity contribution in [1.82, 2.24) is 4.57 Å². The molecule has 0 amide bonds. The maximum atomic E-state index is 14.4. The highest BCUT2D eigenvalue weighted by Crippen LogP contribution is 2.39. The first-order chi connectivity index (χ1) is 21.6. The molecule has 0 saturated heterocycles. The van der Waals surface area contributed by atoms with E-state index in [4.69, 9.17) is 0 Å². The Morgan fingerprint density at radius 1 is 0.682 bits per heavy atom. The molecule has 3 nitrogen and oxygen atoms in total. The highest BCUT2D eigenvalue weighted by Gasteiger charge is 2.21. The Balaban J connectivity index is 1.57. The summed E-state index contributed by atoms with van der Waals surface area (Å²) in [6.07, 6.45) is 3.84. The largest absolute Gasteiger partial charge is 0.313 e. The molecule has 0 unspecified atom stereocenters. The van der Waals surface area contributed by atoms with Gasteiger partial charge in [0.05, 0.1) is 22.6 Å². The molecule has 44 heavy (non-hydrogen) atoms. The molecule has 0 spiro atoms. The second-order valence-electron chi connectivity index (χ2n) is 11.1. The molecular formula is C41H32N2O. The van der Waals surface area contributed by atoms with Crippen molar-refractivity contribution in [2.45, 2.75) is 13.8 Å². The van der Waals surface area contributed by atoms with E-state index in [1.807, 2.05) is 49.4 Å². The predicted molar refractivity (Wildman–Crippen MR) is 188 cm³/mol. The summed E-state index contributed by atoms with van der Waals surface area (Å²) in [5.74, 6) is 0. The van der Waals surface area contributed by atoms with Gasteiger partial charge in [-0.15, -0.1) is 0 Å². The summed E-state index contributed by atoms with van der Waals surface area (Å²) >= 11 is 0. The van der Waals surface area contributed by atoms with Crippen LogP contribution < -0.4 is 10.3 Å². The van der Waals surface area contributed by atoms with Crippen molar-refractivity contribution < 1.29 is 0 Å². The number of nitrogens with zero attached hydrogens (tertiary/aromatic N) is 2. The maximum absolute atomic E-state index is 14.4. The molecule has 7 rings (SSSR count). The summed E-state index contributed by atoms with van der Waals surface area (Å²) in [7, 11) is 0. The lowest BCUT2D eigenvalue weighted by molar-refractivity contribution is 1.07. The summed E-state index contributed by atoms with van der Waals surface area (Å²) in [6.45, 7) is 8.29. The van der Waals surface area contributed by atoms with E-state index < -0.39 is 0 Å². The van der Waals surface area contributed by atoms with Crippen LogP contribution in [0.3, 0.4) is 0 Å². The van der Waals surface area contributed by atoms with Gasteiger partial charge in [-0.2, -0.15) is 0 Å². The van der Waals surface area contributed by atoms with Gasteiger partial charge in [0.2, 0.25) is 0 Å². The summed E-state index contributed by atoms with van der Waals surface area (Å²) in [4.78, 5) is 16.7. The van der Waals surface area contributed by atoms with E-state index in [-0.39, 0.29) is 5.43 Å². The molecule has 0 aliphatic rings. The lowest BCUT2D eigenvalue weighted by atomic mass is 10.0. The van der Waals surface area contributed by atoms with Gasteiger partial charge < -0.3 is 9.47 Å². The van der Waals surface area contributed by atoms with Gasteiger partial charge in [-0.25, -0.2) is 0 Å². The normalized spacial score (nSPS) is 11.7. The number of hydrogen-bond donors (Lipinski definition) is 0. The van der Waals surface area contributed by atoms with Crippen LogP contribution in [0.5, 0.6) is 0 Å². The SMILES string of the molecule is C=Cc1c(C=C(C)N(c2cccc3ccccc23)c2cccc3ccccc23)c(=O)c2c(C)cccc2n1-c1ccccc1. The maximum Gasteiger partial charge on any atom is 0.197 e. The third-order valence-corrected chi connectivity index (χ3v) is 8.41. The lowest BCUT2D eigenvalue weighted by Crippen LogP contribution is -2.19. The predicted octanol–water partition coefficient (Wildman–Crippen LogP) is 10.4. The Kier molecular flexibility index (Phi) is 6.92. The fraction of sp³-hybridized carbons (Fsp3) is 0.0488. The Bertz CT molecular complexity index is 2200. The van der Waals surface area contributed by atoms with Crippen molar-refractivity contribution in [2.75, 3.05) is 4.90 Å². The standard InChI is InChI=1S/C41H32N2O/c1-4-36-35(41(44)40-28(2)15-12-26-39(40)43(36)32-20-6-5-7-21-32)27-29(3)42(37-24-13-18-30-16-8-10-22-33(30)37)38-25-14-19-31-17-9-11-23-34(31)38/h4-27H,1H2,2-3H3. The first-order valence-electron chi connectivity index (χ1n) is 14.9. The van der Waals surface area contributed by atoms with Crippen LogP contribution in [0.15, 0.2) is 151 Å². The van der Waals surface area contributed by atoms with Crippen LogP contribution in [0.25, 0.3) is 50.3 Å². The molecule has 0 bridgehead atoms. The molecule has 0 aliphatic heterocycles. The highest BCUT2D eigenvalue weighted by molar-refractivity contribution is 6.03. The number of aryl methyl sites for hydroxylation is 1. The molecule has 1 aromatic heterocycles. The van der Waals surface area contributed by atoms with E-state index in [1.165, 1.54) is 0 Å². The van der Waals surface area contributed by atoms with E-state index in [2.05, 4.69) is 120 Å². The quantitative estimate of drug-likeness (QED) is 0.199. The molecule has 0 atom stereocenters. The van der Waals surface area contributed by atoms with Gasteiger partial charge >= 0.3 is 0 Å². The number of anilines is 2. The summed E-state index contributed by atoms with van der Waals surface area (Å²) in [5, 5.41) is 5.29. The monoisotopic (exact) mass is 568 g/mol. The average molecular weight is 569 g/mol. The molecule has 3 heteroatoms. The third kappa shape index (κ3) is 4.50. The third-order valence-electron chi connectivity index (χ3n) is 8.41. The number of pyridine rings is 1. The minimum absolute atomic E-state index is 0.00433. The molecule has 0 fully saturated rings. The average Bonchev–Trinajstić information content (AvgIpc) is 3.06. The van der Waals surface area contributed by atoms with Gasteiger partial charge in [-0.05, 0) is 72.7 Å². The van der Waals surface area contributed by atoms with Crippen LogP contribution in [-0.2, 0) is 0 Å². The van der Waals surface area contributed by atoms with E-state index in [9.17, 15) is 4.79 Å². The van der Waals surface area contributed by atoms with Crippen molar-refractivity contribution >= 4 is 56.0 Å². The number of aromatic nitrogens is 1. The first kappa shape index (κ1) is 27.2. The Morgan fingerprint density at radius 2 is 1.23 bits per heavy atom. The van der Waals surface area contributed by atoms with Crippen molar-refractivity contribution in [1.29, 1.82) is 0 Å². The number of para-hydroxylation sites is 1. The fourth-order valence-corrected chi connectivity index (χ4v) is 6.42. The van der Waals surface area contributed by atoms with Crippen molar-refractivity contribution in [3.05, 3.63) is 173 Å². The second-order valence-corrected chi connectivity index (χ2v) is 11.1. The molecule has 0 radical (unpaired) electrons. The van der Waals surface area contributed by atoms with Crippen molar-refractivity contribution in [3.63, 3.8) is 0 Å². The zero-order chi connectivity index (χ0) is 30.2.